The minimum absolute atomic E-state index is 0.0747. The Balaban J connectivity index is 1.51. The Morgan fingerprint density at radius 3 is 2.40 bits per heavy atom. The van der Waals surface area contributed by atoms with Gasteiger partial charge in [0, 0.05) is 12.1 Å². The Bertz CT molecular complexity index is 775. The molecule has 1 aliphatic carbocycles. The van der Waals surface area contributed by atoms with Crippen molar-refractivity contribution in [2.45, 2.75) is 64.5 Å². The predicted octanol–water partition coefficient (Wildman–Crippen LogP) is 5.25. The van der Waals surface area contributed by atoms with Gasteiger partial charge in [0.15, 0.2) is 5.76 Å². The van der Waals surface area contributed by atoms with E-state index < -0.39 is 0 Å². The lowest BCUT2D eigenvalue weighted by molar-refractivity contribution is 0.0456. The van der Waals surface area contributed by atoms with Crippen LogP contribution in [-0.4, -0.2) is 47.4 Å². The molecule has 1 atom stereocenters. The fourth-order valence-electron chi connectivity index (χ4n) is 4.82. The maximum absolute atomic E-state index is 13.4. The summed E-state index contributed by atoms with van der Waals surface area (Å²) in [6.45, 7) is 8.10. The highest BCUT2D eigenvalue weighted by molar-refractivity contribution is 5.92. The van der Waals surface area contributed by atoms with Crippen molar-refractivity contribution in [3.8, 4) is 0 Å². The SMILES string of the molecule is CC(C)CCN1CCC(C(Cc2ccccc2)N(C(=O)c2ccco2)C2CC2)CC1. The quantitative estimate of drug-likeness (QED) is 0.568. The highest BCUT2D eigenvalue weighted by Crippen LogP contribution is 2.36. The van der Waals surface area contributed by atoms with Crippen LogP contribution in [0.15, 0.2) is 53.1 Å². The molecule has 0 radical (unpaired) electrons. The van der Waals surface area contributed by atoms with E-state index in [1.807, 2.05) is 12.1 Å². The molecule has 2 heterocycles. The van der Waals surface area contributed by atoms with E-state index in [-0.39, 0.29) is 11.9 Å². The van der Waals surface area contributed by atoms with Crippen LogP contribution in [0.1, 0.15) is 62.1 Å². The smallest absolute Gasteiger partial charge is 0.290 e. The molecule has 1 aromatic carbocycles. The summed E-state index contributed by atoms with van der Waals surface area (Å²) in [5.74, 6) is 1.85. The number of furan rings is 1. The molecule has 2 aliphatic rings. The molecule has 2 fully saturated rings. The maximum atomic E-state index is 13.4. The summed E-state index contributed by atoms with van der Waals surface area (Å²) in [5, 5.41) is 0. The van der Waals surface area contributed by atoms with E-state index in [0.717, 1.165) is 38.3 Å². The molecule has 0 N–H and O–H groups in total. The Morgan fingerprint density at radius 2 is 1.80 bits per heavy atom. The lowest BCUT2D eigenvalue weighted by atomic mass is 9.84. The van der Waals surface area contributed by atoms with Gasteiger partial charge in [0.05, 0.1) is 6.26 Å². The number of amides is 1. The van der Waals surface area contributed by atoms with E-state index >= 15 is 0 Å². The topological polar surface area (TPSA) is 36.7 Å². The Labute approximate surface area is 181 Å². The van der Waals surface area contributed by atoms with Crippen LogP contribution in [-0.2, 0) is 6.42 Å². The molecule has 4 heteroatoms. The molecule has 4 nitrogen and oxygen atoms in total. The molecule has 1 saturated heterocycles. The van der Waals surface area contributed by atoms with Crippen molar-refractivity contribution in [1.82, 2.24) is 9.80 Å². The van der Waals surface area contributed by atoms with Crippen molar-refractivity contribution in [3.63, 3.8) is 0 Å². The monoisotopic (exact) mass is 408 g/mol. The van der Waals surface area contributed by atoms with E-state index in [4.69, 9.17) is 4.42 Å². The van der Waals surface area contributed by atoms with Gasteiger partial charge in [0.1, 0.15) is 0 Å². The van der Waals surface area contributed by atoms with Crippen molar-refractivity contribution < 1.29 is 9.21 Å². The average molecular weight is 409 g/mol. The molecule has 1 amide bonds. The van der Waals surface area contributed by atoms with E-state index in [0.29, 0.717) is 17.7 Å². The van der Waals surface area contributed by atoms with Crippen molar-refractivity contribution >= 4 is 5.91 Å². The number of carbonyl (C=O) groups excluding carboxylic acids is 1. The fourth-order valence-corrected chi connectivity index (χ4v) is 4.82. The molecule has 0 spiro atoms. The number of carbonyl (C=O) groups is 1. The van der Waals surface area contributed by atoms with Gasteiger partial charge in [-0.2, -0.15) is 0 Å². The second-order valence-electron chi connectivity index (χ2n) is 9.54. The van der Waals surface area contributed by atoms with E-state index in [1.165, 1.54) is 31.4 Å². The van der Waals surface area contributed by atoms with Crippen LogP contribution in [0.3, 0.4) is 0 Å². The lowest BCUT2D eigenvalue weighted by Gasteiger charge is -2.41. The summed E-state index contributed by atoms with van der Waals surface area (Å²) >= 11 is 0. The summed E-state index contributed by atoms with van der Waals surface area (Å²) < 4.78 is 5.51. The van der Waals surface area contributed by atoms with Gasteiger partial charge in [-0.25, -0.2) is 0 Å². The van der Waals surface area contributed by atoms with Crippen LogP contribution in [0.25, 0.3) is 0 Å². The second kappa shape index (κ2) is 9.82. The summed E-state index contributed by atoms with van der Waals surface area (Å²) in [7, 11) is 0. The van der Waals surface area contributed by atoms with Gasteiger partial charge in [0.2, 0.25) is 0 Å². The van der Waals surface area contributed by atoms with Crippen LogP contribution in [0, 0.1) is 11.8 Å². The predicted molar refractivity (Wildman–Crippen MR) is 120 cm³/mol. The van der Waals surface area contributed by atoms with Crippen LogP contribution >= 0.6 is 0 Å². The first-order valence-corrected chi connectivity index (χ1v) is 11.7. The highest BCUT2D eigenvalue weighted by Gasteiger charge is 2.42. The van der Waals surface area contributed by atoms with Crippen molar-refractivity contribution in [1.29, 1.82) is 0 Å². The zero-order chi connectivity index (χ0) is 20.9. The van der Waals surface area contributed by atoms with Gasteiger partial charge in [0.25, 0.3) is 5.91 Å². The Hall–Kier alpha value is -2.07. The molecule has 0 bridgehead atoms. The van der Waals surface area contributed by atoms with Crippen LogP contribution in [0.2, 0.25) is 0 Å². The minimum Gasteiger partial charge on any atom is -0.459 e. The number of hydrogen-bond donors (Lipinski definition) is 0. The molecule has 162 valence electrons. The number of likely N-dealkylation sites (tertiary alicyclic amines) is 1. The molecule has 1 saturated carbocycles. The number of rotatable bonds is 9. The van der Waals surface area contributed by atoms with Crippen molar-refractivity contribution in [2.24, 2.45) is 11.8 Å². The zero-order valence-corrected chi connectivity index (χ0v) is 18.5. The molecule has 4 rings (SSSR count). The maximum Gasteiger partial charge on any atom is 0.290 e. The van der Waals surface area contributed by atoms with Gasteiger partial charge in [-0.3, -0.25) is 4.79 Å². The number of piperidine rings is 1. The normalized spacial score (nSPS) is 19.2. The molecule has 30 heavy (non-hydrogen) atoms. The van der Waals surface area contributed by atoms with E-state index in [1.54, 1.807) is 6.26 Å². The Morgan fingerprint density at radius 1 is 1.07 bits per heavy atom. The molecule has 1 unspecified atom stereocenters. The molecular weight excluding hydrogens is 372 g/mol. The van der Waals surface area contributed by atoms with Gasteiger partial charge in [-0.1, -0.05) is 44.2 Å². The second-order valence-corrected chi connectivity index (χ2v) is 9.54. The van der Waals surface area contributed by atoms with Crippen LogP contribution in [0.5, 0.6) is 0 Å². The molecular formula is C26H36N2O2. The van der Waals surface area contributed by atoms with E-state index in [9.17, 15) is 4.79 Å². The summed E-state index contributed by atoms with van der Waals surface area (Å²) in [6, 6.07) is 14.9. The summed E-state index contributed by atoms with van der Waals surface area (Å²) in [6.07, 6.45) is 8.38. The average Bonchev–Trinajstić information content (AvgIpc) is 3.44. The first-order chi connectivity index (χ1) is 14.6. The Kier molecular flexibility index (Phi) is 6.93. The first-order valence-electron chi connectivity index (χ1n) is 11.7. The van der Waals surface area contributed by atoms with Crippen molar-refractivity contribution in [2.75, 3.05) is 19.6 Å². The van der Waals surface area contributed by atoms with Crippen LogP contribution < -0.4 is 0 Å². The number of benzene rings is 1. The van der Waals surface area contributed by atoms with Gasteiger partial charge in [-0.15, -0.1) is 0 Å². The highest BCUT2D eigenvalue weighted by atomic mass is 16.3. The first kappa shape index (κ1) is 21.2. The lowest BCUT2D eigenvalue weighted by Crippen LogP contribution is -2.50. The molecule has 1 aromatic heterocycles. The van der Waals surface area contributed by atoms with Crippen LogP contribution in [0.4, 0.5) is 0 Å². The molecule has 2 aromatic rings. The third-order valence-corrected chi connectivity index (χ3v) is 6.75. The summed E-state index contributed by atoms with van der Waals surface area (Å²) in [4.78, 5) is 18.2. The minimum atomic E-state index is 0.0747. The third-order valence-electron chi connectivity index (χ3n) is 6.75. The van der Waals surface area contributed by atoms with Gasteiger partial charge < -0.3 is 14.2 Å². The fraction of sp³-hybridized carbons (Fsp3) is 0.577. The largest absolute Gasteiger partial charge is 0.459 e. The summed E-state index contributed by atoms with van der Waals surface area (Å²) in [5.41, 5.74) is 1.32. The third kappa shape index (κ3) is 5.34. The van der Waals surface area contributed by atoms with Crippen molar-refractivity contribution in [3.05, 3.63) is 60.1 Å². The zero-order valence-electron chi connectivity index (χ0n) is 18.5. The number of hydrogen-bond acceptors (Lipinski definition) is 3. The number of nitrogens with zero attached hydrogens (tertiary/aromatic N) is 2. The van der Waals surface area contributed by atoms with Gasteiger partial charge in [-0.05, 0) is 87.7 Å². The van der Waals surface area contributed by atoms with E-state index in [2.05, 4.69) is 54.0 Å². The molecule has 1 aliphatic heterocycles. The van der Waals surface area contributed by atoms with Gasteiger partial charge >= 0.3 is 0 Å². The standard InChI is InChI=1S/C26H36N2O2/c1-20(2)12-15-27-16-13-22(14-17-27)24(19-21-7-4-3-5-8-21)28(23-10-11-23)26(29)25-9-6-18-30-25/h3-9,18,20,22-24H,10-17,19H2,1-2H3.